The van der Waals surface area contributed by atoms with Crippen LogP contribution in [-0.2, 0) is 4.74 Å². The fourth-order valence-electron chi connectivity index (χ4n) is 1.84. The number of morpholine rings is 1. The summed E-state index contributed by atoms with van der Waals surface area (Å²) < 4.78 is 5.31. The van der Waals surface area contributed by atoms with Crippen molar-refractivity contribution in [1.82, 2.24) is 4.90 Å². The normalized spacial score (nSPS) is 17.6. The number of hydrogen-bond donors (Lipinski definition) is 0. The van der Waals surface area contributed by atoms with E-state index in [4.69, 9.17) is 16.3 Å². The van der Waals surface area contributed by atoms with Gasteiger partial charge in [-0.05, 0) is 37.1 Å². The Morgan fingerprint density at radius 3 is 2.56 bits per heavy atom. The highest BCUT2D eigenvalue weighted by molar-refractivity contribution is 6.30. The Morgan fingerprint density at radius 1 is 1.19 bits per heavy atom. The van der Waals surface area contributed by atoms with Gasteiger partial charge in [0.15, 0.2) is 0 Å². The molecule has 1 saturated heterocycles. The second kappa shape index (κ2) is 6.24. The highest BCUT2D eigenvalue weighted by atomic mass is 35.5. The van der Waals surface area contributed by atoms with E-state index in [1.54, 1.807) is 0 Å². The third-order valence-electron chi connectivity index (χ3n) is 2.80. The Balaban J connectivity index is 1.69. The number of nitrogens with zero attached hydrogens (tertiary/aromatic N) is 1. The maximum atomic E-state index is 5.83. The fourth-order valence-corrected chi connectivity index (χ4v) is 1.96. The topological polar surface area (TPSA) is 12.5 Å². The maximum Gasteiger partial charge on any atom is 0.0594 e. The standard InChI is InChI=1S/C13H17ClNO/c14-13-5-3-12(4-6-13)2-1-7-15-8-10-16-11-9-15/h2-6H,1,7-11H2. The van der Waals surface area contributed by atoms with E-state index in [9.17, 15) is 0 Å². The van der Waals surface area contributed by atoms with Gasteiger partial charge in [-0.3, -0.25) is 4.90 Å². The third-order valence-corrected chi connectivity index (χ3v) is 3.05. The molecule has 0 spiro atoms. The van der Waals surface area contributed by atoms with Crippen LogP contribution >= 0.6 is 11.6 Å². The summed E-state index contributed by atoms with van der Waals surface area (Å²) in [6, 6.07) is 7.98. The van der Waals surface area contributed by atoms with Gasteiger partial charge in [0.1, 0.15) is 0 Å². The van der Waals surface area contributed by atoms with Gasteiger partial charge >= 0.3 is 0 Å². The van der Waals surface area contributed by atoms with Crippen LogP contribution in [0, 0.1) is 6.42 Å². The van der Waals surface area contributed by atoms with Crippen LogP contribution in [0.1, 0.15) is 12.0 Å². The molecule has 87 valence electrons. The number of rotatable bonds is 4. The predicted octanol–water partition coefficient (Wildman–Crippen LogP) is 2.61. The Kier molecular flexibility index (Phi) is 4.64. The second-order valence-electron chi connectivity index (χ2n) is 4.00. The second-order valence-corrected chi connectivity index (χ2v) is 4.43. The summed E-state index contributed by atoms with van der Waals surface area (Å²) in [7, 11) is 0. The zero-order valence-electron chi connectivity index (χ0n) is 9.36. The molecule has 0 amide bonds. The van der Waals surface area contributed by atoms with Gasteiger partial charge in [-0.25, -0.2) is 0 Å². The SMILES string of the molecule is Clc1ccc([CH]CCN2CCOCC2)cc1. The van der Waals surface area contributed by atoms with Crippen molar-refractivity contribution in [3.63, 3.8) is 0 Å². The third kappa shape index (κ3) is 3.78. The molecule has 0 bridgehead atoms. The minimum Gasteiger partial charge on any atom is -0.379 e. The van der Waals surface area contributed by atoms with E-state index in [2.05, 4.69) is 23.5 Å². The summed E-state index contributed by atoms with van der Waals surface area (Å²) in [5.41, 5.74) is 1.25. The van der Waals surface area contributed by atoms with Crippen molar-refractivity contribution in [3.05, 3.63) is 41.3 Å². The number of hydrogen-bond acceptors (Lipinski definition) is 2. The molecule has 0 aromatic heterocycles. The van der Waals surface area contributed by atoms with Gasteiger partial charge in [-0.2, -0.15) is 0 Å². The molecule has 1 fully saturated rings. The van der Waals surface area contributed by atoms with E-state index in [1.807, 2.05) is 12.1 Å². The molecule has 2 rings (SSSR count). The predicted molar refractivity (Wildman–Crippen MR) is 66.7 cm³/mol. The van der Waals surface area contributed by atoms with Crippen molar-refractivity contribution in [2.24, 2.45) is 0 Å². The van der Waals surface area contributed by atoms with Crippen LogP contribution in [0.25, 0.3) is 0 Å². The average Bonchev–Trinajstić information content (AvgIpc) is 2.33. The van der Waals surface area contributed by atoms with E-state index < -0.39 is 0 Å². The van der Waals surface area contributed by atoms with Crippen LogP contribution in [-0.4, -0.2) is 37.7 Å². The van der Waals surface area contributed by atoms with Crippen LogP contribution in [0.5, 0.6) is 0 Å². The lowest BCUT2D eigenvalue weighted by Crippen LogP contribution is -2.36. The van der Waals surface area contributed by atoms with Gasteiger partial charge in [0.2, 0.25) is 0 Å². The van der Waals surface area contributed by atoms with Gasteiger partial charge < -0.3 is 4.74 Å². The van der Waals surface area contributed by atoms with Crippen LogP contribution in [0.3, 0.4) is 0 Å². The van der Waals surface area contributed by atoms with Crippen molar-refractivity contribution in [3.8, 4) is 0 Å². The Labute approximate surface area is 102 Å². The number of ether oxygens (including phenoxy) is 1. The first kappa shape index (κ1) is 11.9. The van der Waals surface area contributed by atoms with E-state index >= 15 is 0 Å². The van der Waals surface area contributed by atoms with E-state index in [1.165, 1.54) is 5.56 Å². The largest absolute Gasteiger partial charge is 0.379 e. The summed E-state index contributed by atoms with van der Waals surface area (Å²) in [4.78, 5) is 2.44. The Morgan fingerprint density at radius 2 is 1.88 bits per heavy atom. The summed E-state index contributed by atoms with van der Waals surface area (Å²) in [5.74, 6) is 0. The Bertz CT molecular complexity index is 306. The molecule has 1 aliphatic heterocycles. The maximum absolute atomic E-state index is 5.83. The van der Waals surface area contributed by atoms with Crippen LogP contribution in [0.4, 0.5) is 0 Å². The number of benzene rings is 1. The molecule has 1 aromatic rings. The molecule has 16 heavy (non-hydrogen) atoms. The fraction of sp³-hybridized carbons (Fsp3) is 0.462. The lowest BCUT2D eigenvalue weighted by molar-refractivity contribution is 0.0384. The quantitative estimate of drug-likeness (QED) is 0.800. The molecular weight excluding hydrogens is 222 g/mol. The van der Waals surface area contributed by atoms with Gasteiger partial charge in [-0.1, -0.05) is 23.7 Å². The summed E-state index contributed by atoms with van der Waals surface area (Å²) in [6.45, 7) is 5.00. The molecule has 0 saturated carbocycles. The average molecular weight is 239 g/mol. The van der Waals surface area contributed by atoms with Crippen LogP contribution in [0.15, 0.2) is 24.3 Å². The lowest BCUT2D eigenvalue weighted by atomic mass is 10.1. The molecule has 0 unspecified atom stereocenters. The van der Waals surface area contributed by atoms with Crippen molar-refractivity contribution in [2.75, 3.05) is 32.8 Å². The molecule has 1 heterocycles. The molecule has 1 radical (unpaired) electrons. The van der Waals surface area contributed by atoms with Gasteiger partial charge in [0, 0.05) is 18.1 Å². The van der Waals surface area contributed by atoms with Crippen molar-refractivity contribution >= 4 is 11.6 Å². The Hall–Kier alpha value is -0.570. The van der Waals surface area contributed by atoms with Crippen LogP contribution < -0.4 is 0 Å². The zero-order chi connectivity index (χ0) is 11.2. The highest BCUT2D eigenvalue weighted by Crippen LogP contribution is 2.12. The van der Waals surface area contributed by atoms with Crippen molar-refractivity contribution < 1.29 is 4.74 Å². The first-order valence-corrected chi connectivity index (χ1v) is 6.11. The summed E-state index contributed by atoms with van der Waals surface area (Å²) >= 11 is 5.83. The molecule has 0 aliphatic carbocycles. The zero-order valence-corrected chi connectivity index (χ0v) is 10.1. The lowest BCUT2D eigenvalue weighted by Gasteiger charge is -2.26. The smallest absolute Gasteiger partial charge is 0.0594 e. The minimum absolute atomic E-state index is 0.797. The monoisotopic (exact) mass is 238 g/mol. The molecule has 2 nitrogen and oxygen atoms in total. The van der Waals surface area contributed by atoms with Crippen LogP contribution in [0.2, 0.25) is 5.02 Å². The molecule has 3 heteroatoms. The highest BCUT2D eigenvalue weighted by Gasteiger charge is 2.09. The molecule has 0 N–H and O–H groups in total. The first-order valence-electron chi connectivity index (χ1n) is 5.73. The first-order chi connectivity index (χ1) is 7.84. The van der Waals surface area contributed by atoms with E-state index in [0.717, 1.165) is 44.3 Å². The van der Waals surface area contributed by atoms with Gasteiger partial charge in [0.05, 0.1) is 13.2 Å². The van der Waals surface area contributed by atoms with Gasteiger partial charge in [0.25, 0.3) is 0 Å². The van der Waals surface area contributed by atoms with E-state index in [0.29, 0.717) is 0 Å². The van der Waals surface area contributed by atoms with Crippen molar-refractivity contribution in [1.29, 1.82) is 0 Å². The molecule has 1 aliphatic rings. The minimum atomic E-state index is 0.797. The van der Waals surface area contributed by atoms with Crippen molar-refractivity contribution in [2.45, 2.75) is 6.42 Å². The molecule has 0 atom stereocenters. The number of halogens is 1. The summed E-state index contributed by atoms with van der Waals surface area (Å²) in [6.07, 6.45) is 3.34. The van der Waals surface area contributed by atoms with Gasteiger partial charge in [-0.15, -0.1) is 0 Å². The molecular formula is C13H17ClNO. The molecule has 1 aromatic carbocycles. The van der Waals surface area contributed by atoms with E-state index in [-0.39, 0.29) is 0 Å². The summed E-state index contributed by atoms with van der Waals surface area (Å²) in [5, 5.41) is 0.797.